The van der Waals surface area contributed by atoms with Crippen molar-refractivity contribution in [1.82, 2.24) is 0 Å². The van der Waals surface area contributed by atoms with Crippen LogP contribution < -0.4 is 0 Å². The van der Waals surface area contributed by atoms with Gasteiger partial charge in [0.15, 0.2) is 0 Å². The van der Waals surface area contributed by atoms with Gasteiger partial charge in [0.25, 0.3) is 0 Å². The Morgan fingerprint density at radius 3 is 2.33 bits per heavy atom. The molecule has 1 aliphatic carbocycles. The molecule has 0 spiro atoms. The summed E-state index contributed by atoms with van der Waals surface area (Å²) < 4.78 is -0.686. The van der Waals surface area contributed by atoms with Gasteiger partial charge in [-0.15, -0.1) is 0 Å². The zero-order valence-corrected chi connectivity index (χ0v) is 6.65. The minimum Gasteiger partial charge on any atom is -0.0963 e. The van der Waals surface area contributed by atoms with E-state index in [0.29, 0.717) is 0 Å². The molecule has 0 aromatic carbocycles. The first-order valence-electron chi connectivity index (χ1n) is 2.87. The Hall–Kier alpha value is 0.0600. The molecule has 0 saturated carbocycles. The highest BCUT2D eigenvalue weighted by Gasteiger charge is 2.27. The second-order valence-corrected chi connectivity index (χ2v) is 3.65. The predicted molar refractivity (Wildman–Crippen MR) is 41.9 cm³/mol. The topological polar surface area (TPSA) is 0 Å². The van der Waals surface area contributed by atoms with E-state index in [2.05, 4.69) is 0 Å². The maximum atomic E-state index is 5.85. The zero-order chi connectivity index (χ0) is 6.91. The van der Waals surface area contributed by atoms with Crippen molar-refractivity contribution in [1.29, 1.82) is 0 Å². The van der Waals surface area contributed by atoms with Gasteiger partial charge in [-0.3, -0.25) is 0 Å². The fourth-order valence-electron chi connectivity index (χ4n) is 0.695. The number of halogens is 2. The molecular weight excluding hydrogens is 155 g/mol. The van der Waals surface area contributed by atoms with E-state index in [1.54, 1.807) is 6.08 Å². The summed E-state index contributed by atoms with van der Waals surface area (Å²) in [5, 5.41) is 0. The normalized spacial score (nSPS) is 30.8. The van der Waals surface area contributed by atoms with Gasteiger partial charge in [-0.05, 0) is 6.08 Å². The van der Waals surface area contributed by atoms with Gasteiger partial charge >= 0.3 is 0 Å². The third-order valence-corrected chi connectivity index (χ3v) is 2.38. The highest BCUT2D eigenvalue weighted by molar-refractivity contribution is 6.50. The van der Waals surface area contributed by atoms with Crippen LogP contribution in [-0.4, -0.2) is 4.33 Å². The summed E-state index contributed by atoms with van der Waals surface area (Å²) in [6, 6.07) is 0. The summed E-state index contributed by atoms with van der Waals surface area (Å²) in [7, 11) is 0. The van der Waals surface area contributed by atoms with Crippen LogP contribution in [0, 0.1) is 5.92 Å². The maximum absolute atomic E-state index is 5.85. The van der Waals surface area contributed by atoms with Gasteiger partial charge in [-0.1, -0.05) is 48.4 Å². The van der Waals surface area contributed by atoms with Crippen molar-refractivity contribution in [3.63, 3.8) is 0 Å². The van der Waals surface area contributed by atoms with Crippen LogP contribution in [0.15, 0.2) is 24.3 Å². The molecule has 0 aromatic rings. The van der Waals surface area contributed by atoms with E-state index in [9.17, 15) is 0 Å². The molecule has 0 heterocycles. The molecule has 0 nitrogen and oxygen atoms in total. The Labute approximate surface area is 65.2 Å². The molecule has 1 unspecified atom stereocenters. The second kappa shape index (κ2) is 2.36. The van der Waals surface area contributed by atoms with Crippen LogP contribution in [0.5, 0.6) is 0 Å². The minimum absolute atomic E-state index is 0.214. The van der Waals surface area contributed by atoms with Gasteiger partial charge in [0, 0.05) is 5.92 Å². The summed E-state index contributed by atoms with van der Waals surface area (Å²) in [4.78, 5) is 0. The van der Waals surface area contributed by atoms with Crippen LogP contribution in [0.25, 0.3) is 0 Å². The molecule has 0 fully saturated rings. The Morgan fingerprint density at radius 2 is 2.00 bits per heavy atom. The highest BCUT2D eigenvalue weighted by atomic mass is 35.5. The molecule has 0 amide bonds. The third-order valence-electron chi connectivity index (χ3n) is 1.44. The second-order valence-electron chi connectivity index (χ2n) is 2.21. The van der Waals surface area contributed by atoms with E-state index < -0.39 is 4.33 Å². The number of hydrogen-bond donors (Lipinski definition) is 0. The largest absolute Gasteiger partial charge is 0.142 e. The van der Waals surface area contributed by atoms with Crippen molar-refractivity contribution >= 4 is 23.2 Å². The first-order valence-corrected chi connectivity index (χ1v) is 3.62. The molecule has 0 N–H and O–H groups in total. The number of hydrogen-bond acceptors (Lipinski definition) is 0. The number of alkyl halides is 2. The van der Waals surface area contributed by atoms with Crippen molar-refractivity contribution in [3.05, 3.63) is 24.3 Å². The standard InChI is InChI=1S/C7H8Cl2/c1-6-4-2-3-5-7(6,8)9/h2-6H,1H3. The maximum Gasteiger partial charge on any atom is 0.142 e. The molecule has 0 aliphatic heterocycles. The summed E-state index contributed by atoms with van der Waals surface area (Å²) in [6.07, 6.45) is 7.59. The van der Waals surface area contributed by atoms with E-state index in [1.807, 2.05) is 25.2 Å². The predicted octanol–water partition coefficient (Wildman–Crippen LogP) is 2.92. The average Bonchev–Trinajstić information content (AvgIpc) is 1.77. The summed E-state index contributed by atoms with van der Waals surface area (Å²) in [5.74, 6) is 0.214. The lowest BCUT2D eigenvalue weighted by Gasteiger charge is -2.22. The van der Waals surface area contributed by atoms with E-state index in [0.717, 1.165) is 0 Å². The van der Waals surface area contributed by atoms with Crippen molar-refractivity contribution in [3.8, 4) is 0 Å². The van der Waals surface area contributed by atoms with Crippen LogP contribution in [0.2, 0.25) is 0 Å². The Bertz CT molecular complexity index is 156. The zero-order valence-electron chi connectivity index (χ0n) is 5.14. The van der Waals surface area contributed by atoms with Crippen LogP contribution >= 0.6 is 23.2 Å². The smallest absolute Gasteiger partial charge is 0.0963 e. The van der Waals surface area contributed by atoms with Gasteiger partial charge in [-0.2, -0.15) is 0 Å². The summed E-state index contributed by atoms with van der Waals surface area (Å²) in [5.41, 5.74) is 0. The fraction of sp³-hybridized carbons (Fsp3) is 0.429. The average molecular weight is 163 g/mol. The van der Waals surface area contributed by atoms with Gasteiger partial charge in [-0.25, -0.2) is 0 Å². The summed E-state index contributed by atoms with van der Waals surface area (Å²) in [6.45, 7) is 1.99. The van der Waals surface area contributed by atoms with Crippen LogP contribution in [0.1, 0.15) is 6.92 Å². The SMILES string of the molecule is CC1C=CC=CC1(Cl)Cl. The number of allylic oxidation sites excluding steroid dienone is 4. The van der Waals surface area contributed by atoms with Crippen LogP contribution in [0.4, 0.5) is 0 Å². The van der Waals surface area contributed by atoms with Gasteiger partial charge in [0.05, 0.1) is 0 Å². The first-order chi connectivity index (χ1) is 4.13. The molecule has 1 atom stereocenters. The molecule has 9 heavy (non-hydrogen) atoms. The van der Waals surface area contributed by atoms with E-state index >= 15 is 0 Å². The fourth-order valence-corrected chi connectivity index (χ4v) is 0.986. The monoisotopic (exact) mass is 162 g/mol. The van der Waals surface area contributed by atoms with Crippen molar-refractivity contribution < 1.29 is 0 Å². The lowest BCUT2D eigenvalue weighted by molar-refractivity contribution is 0.694. The molecule has 1 rings (SSSR count). The molecule has 0 bridgehead atoms. The van der Waals surface area contributed by atoms with Crippen LogP contribution in [0.3, 0.4) is 0 Å². The first kappa shape index (κ1) is 7.17. The Balaban J connectivity index is 2.78. The molecule has 1 aliphatic rings. The van der Waals surface area contributed by atoms with E-state index in [4.69, 9.17) is 23.2 Å². The Kier molecular flexibility index (Phi) is 1.88. The van der Waals surface area contributed by atoms with E-state index in [1.165, 1.54) is 0 Å². The van der Waals surface area contributed by atoms with Gasteiger partial charge in [0.2, 0.25) is 0 Å². The lowest BCUT2D eigenvalue weighted by Crippen LogP contribution is -2.19. The molecule has 2 heteroatoms. The highest BCUT2D eigenvalue weighted by Crippen LogP contribution is 2.34. The lowest BCUT2D eigenvalue weighted by atomic mass is 10.0. The van der Waals surface area contributed by atoms with E-state index in [-0.39, 0.29) is 5.92 Å². The van der Waals surface area contributed by atoms with Crippen molar-refractivity contribution in [2.75, 3.05) is 0 Å². The molecule has 0 radical (unpaired) electrons. The van der Waals surface area contributed by atoms with Crippen LogP contribution in [-0.2, 0) is 0 Å². The molecular formula is C7H8Cl2. The molecule has 0 saturated heterocycles. The van der Waals surface area contributed by atoms with Crippen molar-refractivity contribution in [2.45, 2.75) is 11.3 Å². The number of rotatable bonds is 0. The van der Waals surface area contributed by atoms with Crippen molar-refractivity contribution in [2.24, 2.45) is 5.92 Å². The molecule has 50 valence electrons. The Morgan fingerprint density at radius 1 is 1.33 bits per heavy atom. The third kappa shape index (κ3) is 1.50. The quantitative estimate of drug-likeness (QED) is 0.481. The van der Waals surface area contributed by atoms with Gasteiger partial charge in [0.1, 0.15) is 4.33 Å². The molecule has 0 aromatic heterocycles. The minimum atomic E-state index is -0.686. The summed E-state index contributed by atoms with van der Waals surface area (Å²) >= 11 is 11.7. The van der Waals surface area contributed by atoms with Gasteiger partial charge < -0.3 is 0 Å².